The number of ether oxygens (including phenoxy) is 2. The maximum absolute atomic E-state index is 12.1. The molecule has 1 heterocycles. The van der Waals surface area contributed by atoms with Crippen LogP contribution in [0.15, 0.2) is 18.2 Å². The van der Waals surface area contributed by atoms with Crippen molar-refractivity contribution in [2.24, 2.45) is 0 Å². The molecule has 1 aromatic carbocycles. The number of hydrogen-bond donors (Lipinski definition) is 2. The van der Waals surface area contributed by atoms with Gasteiger partial charge in [-0.25, -0.2) is 0 Å². The van der Waals surface area contributed by atoms with E-state index in [2.05, 4.69) is 17.6 Å². The Bertz CT molecular complexity index is 477. The smallest absolute Gasteiger partial charge is 0.176 e. The van der Waals surface area contributed by atoms with Crippen LogP contribution in [0, 0.1) is 0 Å². The van der Waals surface area contributed by atoms with Crippen LogP contribution in [0.25, 0.3) is 0 Å². The Morgan fingerprint density at radius 3 is 3.14 bits per heavy atom. The lowest BCUT2D eigenvalue weighted by molar-refractivity contribution is 0.0989. The van der Waals surface area contributed by atoms with Gasteiger partial charge in [0.2, 0.25) is 0 Å². The first-order chi connectivity index (χ1) is 10.2. The third kappa shape index (κ3) is 4.44. The van der Waals surface area contributed by atoms with Gasteiger partial charge >= 0.3 is 0 Å². The number of ketones is 1. The second-order valence-corrected chi connectivity index (χ2v) is 5.19. The van der Waals surface area contributed by atoms with Gasteiger partial charge in [0.15, 0.2) is 5.78 Å². The van der Waals surface area contributed by atoms with Crippen molar-refractivity contribution in [3.8, 4) is 5.75 Å². The molecule has 21 heavy (non-hydrogen) atoms. The number of benzene rings is 1. The van der Waals surface area contributed by atoms with Gasteiger partial charge in [-0.15, -0.1) is 0 Å². The maximum Gasteiger partial charge on any atom is 0.176 e. The molecule has 0 aromatic heterocycles. The van der Waals surface area contributed by atoms with Gasteiger partial charge in [0.05, 0.1) is 18.8 Å². The molecule has 0 aliphatic carbocycles. The van der Waals surface area contributed by atoms with Crippen LogP contribution in [0.1, 0.15) is 30.1 Å². The zero-order valence-corrected chi connectivity index (χ0v) is 12.8. The molecule has 0 fully saturated rings. The van der Waals surface area contributed by atoms with E-state index in [1.165, 1.54) is 0 Å². The van der Waals surface area contributed by atoms with E-state index in [9.17, 15) is 4.79 Å². The highest BCUT2D eigenvalue weighted by molar-refractivity contribution is 5.98. The second-order valence-electron chi connectivity index (χ2n) is 5.19. The average Bonchev–Trinajstić information content (AvgIpc) is 2.53. The summed E-state index contributed by atoms with van der Waals surface area (Å²) in [6.45, 7) is 4.73. The molecular formula is C16H24N2O3. The minimum Gasteiger partial charge on any atom is -0.486 e. The number of carbonyl (C=O) groups excluding carboxylic acids is 1. The van der Waals surface area contributed by atoms with Crippen molar-refractivity contribution in [1.29, 1.82) is 0 Å². The van der Waals surface area contributed by atoms with Crippen molar-refractivity contribution < 1.29 is 14.3 Å². The fourth-order valence-electron chi connectivity index (χ4n) is 2.26. The van der Waals surface area contributed by atoms with Gasteiger partial charge in [0.1, 0.15) is 11.9 Å². The van der Waals surface area contributed by atoms with Crippen LogP contribution < -0.4 is 15.4 Å². The highest BCUT2D eigenvalue weighted by atomic mass is 16.5. The van der Waals surface area contributed by atoms with Crippen LogP contribution >= 0.6 is 0 Å². The molecule has 0 saturated heterocycles. The summed E-state index contributed by atoms with van der Waals surface area (Å²) in [6, 6.07) is 5.58. The van der Waals surface area contributed by atoms with E-state index >= 15 is 0 Å². The molecule has 0 spiro atoms. The Labute approximate surface area is 126 Å². The zero-order chi connectivity index (χ0) is 15.1. The average molecular weight is 292 g/mol. The summed E-state index contributed by atoms with van der Waals surface area (Å²) in [6.07, 6.45) is 2.09. The topological polar surface area (TPSA) is 59.6 Å². The molecule has 2 rings (SSSR count). The van der Waals surface area contributed by atoms with E-state index in [0.29, 0.717) is 18.7 Å². The Kier molecular flexibility index (Phi) is 6.02. The number of methoxy groups -OCH3 is 1. The number of rotatable bonds is 8. The standard InChI is InChI=1S/C16H24N2O3/c1-3-13-10-18-14-9-12(5-6-16(14)21-13)15(19)11-17-7-4-8-20-2/h5-6,9,13,17-18H,3-4,7-8,10-11H2,1-2H3. The molecule has 5 heteroatoms. The Balaban J connectivity index is 1.88. The number of Topliss-reactive ketones (excluding diaryl/α,β-unsaturated/α-hetero) is 1. The van der Waals surface area contributed by atoms with Gasteiger partial charge < -0.3 is 20.1 Å². The summed E-state index contributed by atoms with van der Waals surface area (Å²) in [4.78, 5) is 12.1. The third-order valence-electron chi connectivity index (χ3n) is 3.56. The van der Waals surface area contributed by atoms with Crippen molar-refractivity contribution in [2.75, 3.05) is 38.7 Å². The summed E-state index contributed by atoms with van der Waals surface area (Å²) < 4.78 is 10.8. The van der Waals surface area contributed by atoms with E-state index in [1.54, 1.807) is 7.11 Å². The summed E-state index contributed by atoms with van der Waals surface area (Å²) in [5.74, 6) is 0.923. The van der Waals surface area contributed by atoms with Gasteiger partial charge in [0, 0.05) is 19.3 Å². The summed E-state index contributed by atoms with van der Waals surface area (Å²) in [5, 5.41) is 6.46. The van der Waals surface area contributed by atoms with Crippen LogP contribution in [-0.4, -0.2) is 45.2 Å². The normalized spacial score (nSPS) is 16.8. The van der Waals surface area contributed by atoms with Crippen molar-refractivity contribution >= 4 is 11.5 Å². The molecule has 1 aliphatic rings. The molecule has 1 aliphatic heterocycles. The third-order valence-corrected chi connectivity index (χ3v) is 3.56. The molecule has 5 nitrogen and oxygen atoms in total. The van der Waals surface area contributed by atoms with E-state index in [0.717, 1.165) is 37.4 Å². The molecule has 0 radical (unpaired) electrons. The summed E-state index contributed by atoms with van der Waals surface area (Å²) >= 11 is 0. The van der Waals surface area contributed by atoms with Gasteiger partial charge in [-0.05, 0) is 37.6 Å². The van der Waals surface area contributed by atoms with Crippen molar-refractivity contribution in [1.82, 2.24) is 5.32 Å². The highest BCUT2D eigenvalue weighted by Gasteiger charge is 2.18. The van der Waals surface area contributed by atoms with Crippen LogP contribution in [0.4, 0.5) is 5.69 Å². The number of nitrogens with one attached hydrogen (secondary N) is 2. The van der Waals surface area contributed by atoms with E-state index < -0.39 is 0 Å². The molecule has 0 amide bonds. The lowest BCUT2D eigenvalue weighted by Gasteiger charge is -2.26. The van der Waals surface area contributed by atoms with Crippen LogP contribution in [0.2, 0.25) is 0 Å². The summed E-state index contributed by atoms with van der Waals surface area (Å²) in [7, 11) is 1.68. The van der Waals surface area contributed by atoms with Crippen LogP contribution in [-0.2, 0) is 4.74 Å². The first kappa shape index (κ1) is 15.8. The first-order valence-corrected chi connectivity index (χ1v) is 7.52. The predicted octanol–water partition coefficient (Wildman–Crippen LogP) is 2.08. The Morgan fingerprint density at radius 1 is 1.52 bits per heavy atom. The lowest BCUT2D eigenvalue weighted by Crippen LogP contribution is -2.30. The van der Waals surface area contributed by atoms with E-state index in [-0.39, 0.29) is 11.9 Å². The fraction of sp³-hybridized carbons (Fsp3) is 0.562. The number of anilines is 1. The van der Waals surface area contributed by atoms with Crippen LogP contribution in [0.3, 0.4) is 0 Å². The van der Waals surface area contributed by atoms with Crippen molar-refractivity contribution in [3.63, 3.8) is 0 Å². The van der Waals surface area contributed by atoms with Crippen molar-refractivity contribution in [2.45, 2.75) is 25.9 Å². The van der Waals surface area contributed by atoms with Gasteiger partial charge in [-0.2, -0.15) is 0 Å². The van der Waals surface area contributed by atoms with Crippen molar-refractivity contribution in [3.05, 3.63) is 23.8 Å². The molecule has 1 aromatic rings. The minimum absolute atomic E-state index is 0.0923. The minimum atomic E-state index is 0.0923. The lowest BCUT2D eigenvalue weighted by atomic mass is 10.1. The van der Waals surface area contributed by atoms with E-state index in [1.807, 2.05) is 18.2 Å². The molecular weight excluding hydrogens is 268 g/mol. The predicted molar refractivity (Wildman–Crippen MR) is 83.3 cm³/mol. The van der Waals surface area contributed by atoms with Crippen LogP contribution in [0.5, 0.6) is 5.75 Å². The number of carbonyl (C=O) groups is 1. The Hall–Kier alpha value is -1.59. The molecule has 1 unspecified atom stereocenters. The molecule has 2 N–H and O–H groups in total. The number of fused-ring (bicyclic) bond motifs is 1. The first-order valence-electron chi connectivity index (χ1n) is 7.52. The van der Waals surface area contributed by atoms with E-state index in [4.69, 9.17) is 9.47 Å². The van der Waals surface area contributed by atoms with Gasteiger partial charge in [-0.1, -0.05) is 6.92 Å². The summed E-state index contributed by atoms with van der Waals surface area (Å²) in [5.41, 5.74) is 1.61. The molecule has 0 saturated carbocycles. The zero-order valence-electron chi connectivity index (χ0n) is 12.8. The second kappa shape index (κ2) is 8.00. The Morgan fingerprint density at radius 2 is 2.38 bits per heavy atom. The molecule has 116 valence electrons. The van der Waals surface area contributed by atoms with Gasteiger partial charge in [0.25, 0.3) is 0 Å². The molecule has 1 atom stereocenters. The monoisotopic (exact) mass is 292 g/mol. The SMILES string of the molecule is CCC1CNc2cc(C(=O)CNCCCOC)ccc2O1. The maximum atomic E-state index is 12.1. The highest BCUT2D eigenvalue weighted by Crippen LogP contribution is 2.30. The quantitative estimate of drug-likeness (QED) is 0.567. The largest absolute Gasteiger partial charge is 0.486 e. The molecule has 0 bridgehead atoms. The fourth-order valence-corrected chi connectivity index (χ4v) is 2.26. The van der Waals surface area contributed by atoms with Gasteiger partial charge in [-0.3, -0.25) is 4.79 Å². The number of hydrogen-bond acceptors (Lipinski definition) is 5.